The van der Waals surface area contributed by atoms with Crippen molar-refractivity contribution in [1.29, 1.82) is 0 Å². The molecule has 114 valence electrons. The van der Waals surface area contributed by atoms with E-state index in [0.717, 1.165) is 38.5 Å². The second kappa shape index (κ2) is 5.87. The number of anilines is 1. The predicted octanol–water partition coefficient (Wildman–Crippen LogP) is 2.02. The fourth-order valence-corrected chi connectivity index (χ4v) is 3.12. The highest BCUT2D eigenvalue weighted by molar-refractivity contribution is 5.71. The molecule has 0 bridgehead atoms. The molecule has 2 unspecified atom stereocenters. The van der Waals surface area contributed by atoms with Crippen molar-refractivity contribution >= 4 is 11.8 Å². The second-order valence-corrected chi connectivity index (χ2v) is 6.05. The number of nitrogens with one attached hydrogen (secondary N) is 1. The number of carboxylic acid groups (broad SMARTS) is 1. The maximum absolute atomic E-state index is 12.4. The number of rotatable bonds is 4. The molecule has 2 N–H and O–H groups in total. The van der Waals surface area contributed by atoms with E-state index in [0.29, 0.717) is 18.3 Å². The molecule has 21 heavy (non-hydrogen) atoms. The zero-order valence-corrected chi connectivity index (χ0v) is 12.0. The third-order valence-corrected chi connectivity index (χ3v) is 4.46. The molecule has 0 radical (unpaired) electrons. The minimum atomic E-state index is -0.784. The van der Waals surface area contributed by atoms with Crippen LogP contribution in [-0.2, 0) is 4.79 Å². The van der Waals surface area contributed by atoms with Crippen molar-refractivity contribution in [3.8, 4) is 0 Å². The predicted molar refractivity (Wildman–Crippen MR) is 78.4 cm³/mol. The average Bonchev–Trinajstić information content (AvgIpc) is 3.27. The topological polar surface area (TPSA) is 84.2 Å². The molecular weight excluding hydrogens is 270 g/mol. The molecule has 1 aromatic rings. The molecule has 3 rings (SSSR count). The first-order valence-electron chi connectivity index (χ1n) is 7.73. The number of hydrogen-bond donors (Lipinski definition) is 2. The average molecular weight is 291 g/mol. The van der Waals surface area contributed by atoms with Crippen LogP contribution < -0.4 is 10.9 Å². The van der Waals surface area contributed by atoms with Crippen LogP contribution in [0.15, 0.2) is 17.2 Å². The number of carboxylic acids is 1. The Morgan fingerprint density at radius 3 is 2.71 bits per heavy atom. The van der Waals surface area contributed by atoms with Crippen molar-refractivity contribution < 1.29 is 9.90 Å². The summed E-state index contributed by atoms with van der Waals surface area (Å²) in [5.74, 6) is -0.932. The first-order chi connectivity index (χ1) is 10.2. The van der Waals surface area contributed by atoms with Crippen molar-refractivity contribution in [3.63, 3.8) is 0 Å². The largest absolute Gasteiger partial charge is 0.481 e. The molecule has 1 aromatic heterocycles. The van der Waals surface area contributed by atoms with Gasteiger partial charge < -0.3 is 15.0 Å². The van der Waals surface area contributed by atoms with Crippen LogP contribution >= 0.6 is 0 Å². The molecule has 2 fully saturated rings. The molecule has 0 spiro atoms. The minimum absolute atomic E-state index is 0.131. The quantitative estimate of drug-likeness (QED) is 0.829. The van der Waals surface area contributed by atoms with E-state index in [1.165, 1.54) is 0 Å². The Morgan fingerprint density at radius 2 is 2.00 bits per heavy atom. The van der Waals surface area contributed by atoms with Gasteiger partial charge in [0.05, 0.1) is 5.92 Å². The van der Waals surface area contributed by atoms with E-state index in [-0.39, 0.29) is 11.6 Å². The van der Waals surface area contributed by atoms with E-state index in [9.17, 15) is 14.7 Å². The fourth-order valence-electron chi connectivity index (χ4n) is 3.12. The number of hydrogen-bond acceptors (Lipinski definition) is 4. The molecule has 6 nitrogen and oxygen atoms in total. The van der Waals surface area contributed by atoms with Crippen LogP contribution in [0.5, 0.6) is 0 Å². The number of aromatic nitrogens is 2. The maximum Gasteiger partial charge on any atom is 0.308 e. The van der Waals surface area contributed by atoms with E-state index in [1.807, 2.05) is 0 Å². The molecule has 2 aliphatic rings. The van der Waals surface area contributed by atoms with Crippen LogP contribution in [-0.4, -0.2) is 26.7 Å². The zero-order valence-electron chi connectivity index (χ0n) is 12.0. The lowest BCUT2D eigenvalue weighted by atomic mass is 9.95. The van der Waals surface area contributed by atoms with Gasteiger partial charge in [-0.3, -0.25) is 9.59 Å². The lowest BCUT2D eigenvalue weighted by Gasteiger charge is -2.23. The van der Waals surface area contributed by atoms with E-state index in [1.54, 1.807) is 17.0 Å². The van der Waals surface area contributed by atoms with Crippen molar-refractivity contribution in [3.05, 3.63) is 22.7 Å². The second-order valence-electron chi connectivity index (χ2n) is 6.05. The van der Waals surface area contributed by atoms with Crippen molar-refractivity contribution in [2.24, 2.45) is 5.92 Å². The third kappa shape index (κ3) is 3.09. The van der Waals surface area contributed by atoms with E-state index >= 15 is 0 Å². The summed E-state index contributed by atoms with van der Waals surface area (Å²) in [5, 5.41) is 12.5. The van der Waals surface area contributed by atoms with Crippen LogP contribution in [0.1, 0.15) is 51.0 Å². The van der Waals surface area contributed by atoms with Gasteiger partial charge in [0, 0.05) is 24.5 Å². The normalized spacial score (nSPS) is 26.1. The van der Waals surface area contributed by atoms with Crippen LogP contribution in [0, 0.1) is 5.92 Å². The fraction of sp³-hybridized carbons (Fsp3) is 0.667. The first-order valence-corrected chi connectivity index (χ1v) is 7.73. The molecule has 0 aromatic carbocycles. The van der Waals surface area contributed by atoms with Gasteiger partial charge in [-0.1, -0.05) is 19.3 Å². The van der Waals surface area contributed by atoms with Gasteiger partial charge in [0.1, 0.15) is 0 Å². The van der Waals surface area contributed by atoms with Crippen LogP contribution in [0.2, 0.25) is 0 Å². The molecule has 1 heterocycles. The summed E-state index contributed by atoms with van der Waals surface area (Å²) < 4.78 is 1.71. The van der Waals surface area contributed by atoms with E-state index < -0.39 is 11.9 Å². The summed E-state index contributed by atoms with van der Waals surface area (Å²) in [6, 6.07) is 0.0886. The van der Waals surface area contributed by atoms with Crippen LogP contribution in [0.4, 0.5) is 5.82 Å². The molecule has 2 saturated carbocycles. The van der Waals surface area contributed by atoms with Gasteiger partial charge in [-0.05, 0) is 25.7 Å². The summed E-state index contributed by atoms with van der Waals surface area (Å²) in [5.41, 5.74) is -0.131. The van der Waals surface area contributed by atoms with E-state index in [2.05, 4.69) is 10.3 Å². The highest BCUT2D eigenvalue weighted by atomic mass is 16.4. The molecule has 2 aliphatic carbocycles. The number of aliphatic carboxylic acids is 1. The van der Waals surface area contributed by atoms with Crippen molar-refractivity contribution in [2.45, 2.75) is 57.0 Å². The monoisotopic (exact) mass is 291 g/mol. The first kappa shape index (κ1) is 14.1. The van der Waals surface area contributed by atoms with Crippen LogP contribution in [0.25, 0.3) is 0 Å². The summed E-state index contributed by atoms with van der Waals surface area (Å²) >= 11 is 0. The summed E-state index contributed by atoms with van der Waals surface area (Å²) in [6.07, 6.45) is 9.81. The Kier molecular flexibility index (Phi) is 3.94. The number of carbonyl (C=O) groups is 1. The van der Waals surface area contributed by atoms with Gasteiger partial charge in [-0.2, -0.15) is 0 Å². The molecule has 2 atom stereocenters. The van der Waals surface area contributed by atoms with Gasteiger partial charge in [-0.15, -0.1) is 0 Å². The molecular formula is C15H21N3O3. The maximum atomic E-state index is 12.4. The molecule has 6 heteroatoms. The van der Waals surface area contributed by atoms with Gasteiger partial charge >= 0.3 is 5.97 Å². The Hall–Kier alpha value is -1.85. The smallest absolute Gasteiger partial charge is 0.308 e. The Balaban J connectivity index is 1.82. The summed E-state index contributed by atoms with van der Waals surface area (Å²) in [7, 11) is 0. The van der Waals surface area contributed by atoms with Gasteiger partial charge in [0.2, 0.25) is 0 Å². The SMILES string of the molecule is O=C(O)C1CCCCCC1Nc1nccn(C2CC2)c1=O. The Labute approximate surface area is 123 Å². The van der Waals surface area contributed by atoms with Crippen molar-refractivity contribution in [1.82, 2.24) is 9.55 Å². The highest BCUT2D eigenvalue weighted by Gasteiger charge is 2.31. The van der Waals surface area contributed by atoms with Gasteiger partial charge in [0.25, 0.3) is 5.56 Å². The lowest BCUT2D eigenvalue weighted by Crippen LogP contribution is -2.36. The Morgan fingerprint density at radius 1 is 1.24 bits per heavy atom. The third-order valence-electron chi connectivity index (χ3n) is 4.46. The van der Waals surface area contributed by atoms with Gasteiger partial charge in [0.15, 0.2) is 5.82 Å². The highest BCUT2D eigenvalue weighted by Crippen LogP contribution is 2.33. The lowest BCUT2D eigenvalue weighted by molar-refractivity contribution is -0.142. The standard InChI is InChI=1S/C15H21N3O3/c19-14-13(16-8-9-18(14)10-6-7-10)17-12-5-3-1-2-4-11(12)15(20)21/h8-12H,1-7H2,(H,16,17)(H,20,21). The Bertz CT molecular complexity index is 580. The summed E-state index contributed by atoms with van der Waals surface area (Å²) in [6.45, 7) is 0. The molecule has 0 saturated heterocycles. The van der Waals surface area contributed by atoms with Crippen molar-refractivity contribution in [2.75, 3.05) is 5.32 Å². The van der Waals surface area contributed by atoms with Gasteiger partial charge in [-0.25, -0.2) is 4.98 Å². The summed E-state index contributed by atoms with van der Waals surface area (Å²) in [4.78, 5) is 27.9. The molecule has 0 aliphatic heterocycles. The molecule has 0 amide bonds. The number of nitrogens with zero attached hydrogens (tertiary/aromatic N) is 2. The van der Waals surface area contributed by atoms with E-state index in [4.69, 9.17) is 0 Å². The van der Waals surface area contributed by atoms with Crippen LogP contribution in [0.3, 0.4) is 0 Å². The minimum Gasteiger partial charge on any atom is -0.481 e. The zero-order chi connectivity index (χ0) is 14.8.